The summed E-state index contributed by atoms with van der Waals surface area (Å²) < 4.78 is 0. The molecule has 2 amide bonds. The van der Waals surface area contributed by atoms with Gasteiger partial charge in [-0.1, -0.05) is 57.2 Å². The van der Waals surface area contributed by atoms with Gasteiger partial charge in [0.2, 0.25) is 11.8 Å². The number of rotatable bonds is 2. The molecule has 1 fully saturated rings. The number of hydrogen-bond acceptors (Lipinski definition) is 2. The van der Waals surface area contributed by atoms with E-state index in [1.807, 2.05) is 24.3 Å². The molecule has 0 aromatic heterocycles. The Hall–Kier alpha value is -1.90. The fourth-order valence-corrected chi connectivity index (χ4v) is 3.32. The third-order valence-electron chi connectivity index (χ3n) is 4.76. The zero-order valence-electron chi connectivity index (χ0n) is 13.5. The Bertz CT molecular complexity index is 596. The highest BCUT2D eigenvalue weighted by molar-refractivity contribution is 6.05. The molecule has 22 heavy (non-hydrogen) atoms. The van der Waals surface area contributed by atoms with Crippen molar-refractivity contribution in [1.29, 1.82) is 0 Å². The van der Waals surface area contributed by atoms with Crippen molar-refractivity contribution in [3.8, 4) is 0 Å². The van der Waals surface area contributed by atoms with E-state index in [2.05, 4.69) is 32.9 Å². The van der Waals surface area contributed by atoms with Crippen LogP contribution in [0.2, 0.25) is 0 Å². The molecule has 2 aliphatic rings. The SMILES string of the molecule is CC(C)(C)c1ccc(CN2C(=O)[C@H]3CC=CC[C@@H]3C2=O)cc1. The summed E-state index contributed by atoms with van der Waals surface area (Å²) in [6.07, 6.45) is 5.45. The summed E-state index contributed by atoms with van der Waals surface area (Å²) in [6, 6.07) is 8.24. The van der Waals surface area contributed by atoms with Crippen molar-refractivity contribution in [2.75, 3.05) is 0 Å². The first-order valence-electron chi connectivity index (χ1n) is 7.97. The normalized spacial score (nSPS) is 24.8. The summed E-state index contributed by atoms with van der Waals surface area (Å²) in [5.41, 5.74) is 2.38. The molecule has 3 heteroatoms. The summed E-state index contributed by atoms with van der Waals surface area (Å²) in [4.78, 5) is 26.4. The molecule has 1 aromatic rings. The molecule has 0 N–H and O–H groups in total. The first-order chi connectivity index (χ1) is 10.4. The molecule has 1 aliphatic carbocycles. The van der Waals surface area contributed by atoms with Gasteiger partial charge in [0.05, 0.1) is 18.4 Å². The zero-order chi connectivity index (χ0) is 15.9. The highest BCUT2D eigenvalue weighted by atomic mass is 16.2. The number of likely N-dealkylation sites (tertiary alicyclic amines) is 1. The lowest BCUT2D eigenvalue weighted by molar-refractivity contribution is -0.140. The van der Waals surface area contributed by atoms with E-state index in [0.717, 1.165) is 5.56 Å². The van der Waals surface area contributed by atoms with Gasteiger partial charge in [-0.3, -0.25) is 14.5 Å². The molecule has 2 atom stereocenters. The summed E-state index contributed by atoms with van der Waals surface area (Å²) in [5.74, 6) is -0.267. The average molecular weight is 297 g/mol. The number of imide groups is 1. The van der Waals surface area contributed by atoms with E-state index in [0.29, 0.717) is 19.4 Å². The van der Waals surface area contributed by atoms with Crippen LogP contribution in [0.5, 0.6) is 0 Å². The monoisotopic (exact) mass is 297 g/mol. The minimum atomic E-state index is -0.133. The summed E-state index contributed by atoms with van der Waals surface area (Å²) in [7, 11) is 0. The number of fused-ring (bicyclic) bond motifs is 1. The van der Waals surface area contributed by atoms with E-state index in [-0.39, 0.29) is 29.1 Å². The molecule has 0 saturated carbocycles. The maximum Gasteiger partial charge on any atom is 0.233 e. The van der Waals surface area contributed by atoms with Gasteiger partial charge in [-0.15, -0.1) is 0 Å². The number of benzene rings is 1. The van der Waals surface area contributed by atoms with Crippen LogP contribution in [0, 0.1) is 11.8 Å². The van der Waals surface area contributed by atoms with Gasteiger partial charge in [-0.05, 0) is 29.4 Å². The van der Waals surface area contributed by atoms with Crippen molar-refractivity contribution in [3.63, 3.8) is 0 Å². The Balaban J connectivity index is 1.76. The van der Waals surface area contributed by atoms with E-state index in [1.54, 1.807) is 0 Å². The Morgan fingerprint density at radius 1 is 0.955 bits per heavy atom. The van der Waals surface area contributed by atoms with Gasteiger partial charge in [0.25, 0.3) is 0 Å². The average Bonchev–Trinajstić information content (AvgIpc) is 2.73. The van der Waals surface area contributed by atoms with E-state index in [1.165, 1.54) is 10.5 Å². The van der Waals surface area contributed by atoms with Gasteiger partial charge in [0.1, 0.15) is 0 Å². The fourth-order valence-electron chi connectivity index (χ4n) is 3.32. The zero-order valence-corrected chi connectivity index (χ0v) is 13.5. The third-order valence-corrected chi connectivity index (χ3v) is 4.76. The van der Waals surface area contributed by atoms with Crippen LogP contribution in [0.3, 0.4) is 0 Å². The molecular weight excluding hydrogens is 274 g/mol. The number of carbonyl (C=O) groups excluding carboxylic acids is 2. The van der Waals surface area contributed by atoms with Gasteiger partial charge < -0.3 is 0 Å². The van der Waals surface area contributed by atoms with Gasteiger partial charge in [-0.2, -0.15) is 0 Å². The quantitative estimate of drug-likeness (QED) is 0.619. The highest BCUT2D eigenvalue weighted by Gasteiger charge is 2.46. The molecule has 1 aromatic carbocycles. The number of hydrogen-bond donors (Lipinski definition) is 0. The number of amides is 2. The minimum absolute atomic E-state index is 0.000696. The molecular formula is C19H23NO2. The van der Waals surface area contributed by atoms with Crippen molar-refractivity contribution in [2.24, 2.45) is 11.8 Å². The lowest BCUT2D eigenvalue weighted by Crippen LogP contribution is -2.30. The van der Waals surface area contributed by atoms with Gasteiger partial charge in [-0.25, -0.2) is 0 Å². The lowest BCUT2D eigenvalue weighted by atomic mass is 9.85. The smallest absolute Gasteiger partial charge is 0.233 e. The Morgan fingerprint density at radius 3 is 1.91 bits per heavy atom. The van der Waals surface area contributed by atoms with Crippen molar-refractivity contribution < 1.29 is 9.59 Å². The molecule has 0 radical (unpaired) electrons. The van der Waals surface area contributed by atoms with E-state index in [4.69, 9.17) is 0 Å². The Morgan fingerprint density at radius 2 is 1.45 bits per heavy atom. The van der Waals surface area contributed by atoms with E-state index < -0.39 is 0 Å². The third kappa shape index (κ3) is 2.60. The molecule has 0 unspecified atom stereocenters. The number of nitrogens with zero attached hydrogens (tertiary/aromatic N) is 1. The second kappa shape index (κ2) is 5.38. The van der Waals surface area contributed by atoms with Crippen molar-refractivity contribution in [1.82, 2.24) is 4.90 Å². The van der Waals surface area contributed by atoms with Crippen LogP contribution in [0.4, 0.5) is 0 Å². The van der Waals surface area contributed by atoms with Crippen LogP contribution in [-0.4, -0.2) is 16.7 Å². The van der Waals surface area contributed by atoms with Gasteiger partial charge >= 0.3 is 0 Å². The molecule has 1 aliphatic heterocycles. The summed E-state index contributed by atoms with van der Waals surface area (Å²) in [5, 5.41) is 0. The summed E-state index contributed by atoms with van der Waals surface area (Å²) >= 11 is 0. The number of carbonyl (C=O) groups is 2. The van der Waals surface area contributed by atoms with Crippen LogP contribution in [0.1, 0.15) is 44.7 Å². The Labute approximate surface area is 132 Å². The van der Waals surface area contributed by atoms with E-state index >= 15 is 0 Å². The Kier molecular flexibility index (Phi) is 3.67. The van der Waals surface area contributed by atoms with Gasteiger partial charge in [0, 0.05) is 0 Å². The second-order valence-electron chi connectivity index (χ2n) is 7.37. The fraction of sp³-hybridized carbons (Fsp3) is 0.474. The molecule has 116 valence electrons. The van der Waals surface area contributed by atoms with Crippen LogP contribution in [0.15, 0.2) is 36.4 Å². The standard InChI is InChI=1S/C19H23NO2/c1-19(2,3)14-10-8-13(9-11-14)12-20-17(21)15-6-4-5-7-16(15)18(20)22/h4-5,8-11,15-16H,6-7,12H2,1-3H3/t15-,16-/m0/s1. The highest BCUT2D eigenvalue weighted by Crippen LogP contribution is 2.35. The van der Waals surface area contributed by atoms with Crippen LogP contribution >= 0.6 is 0 Å². The molecule has 0 bridgehead atoms. The minimum Gasteiger partial charge on any atom is -0.278 e. The van der Waals surface area contributed by atoms with Gasteiger partial charge in [0.15, 0.2) is 0 Å². The molecule has 0 spiro atoms. The molecule has 1 heterocycles. The maximum atomic E-state index is 12.5. The lowest BCUT2D eigenvalue weighted by Gasteiger charge is -2.20. The van der Waals surface area contributed by atoms with Crippen LogP contribution in [-0.2, 0) is 21.5 Å². The molecule has 1 saturated heterocycles. The largest absolute Gasteiger partial charge is 0.278 e. The van der Waals surface area contributed by atoms with Crippen molar-refractivity contribution in [3.05, 3.63) is 47.5 Å². The first-order valence-corrected chi connectivity index (χ1v) is 7.97. The van der Waals surface area contributed by atoms with Crippen molar-refractivity contribution >= 4 is 11.8 Å². The van der Waals surface area contributed by atoms with Crippen LogP contribution < -0.4 is 0 Å². The predicted octanol–water partition coefficient (Wildman–Crippen LogP) is 3.44. The number of allylic oxidation sites excluding steroid dienone is 2. The molecule has 3 rings (SSSR count). The second-order valence-corrected chi connectivity index (χ2v) is 7.37. The van der Waals surface area contributed by atoms with E-state index in [9.17, 15) is 9.59 Å². The van der Waals surface area contributed by atoms with Crippen molar-refractivity contribution in [2.45, 2.75) is 45.6 Å². The molecule has 3 nitrogen and oxygen atoms in total. The topological polar surface area (TPSA) is 37.4 Å². The predicted molar refractivity (Wildman–Crippen MR) is 86.1 cm³/mol. The summed E-state index contributed by atoms with van der Waals surface area (Å²) in [6.45, 7) is 6.92. The van der Waals surface area contributed by atoms with Crippen LogP contribution in [0.25, 0.3) is 0 Å². The first kappa shape index (κ1) is 15.0. The maximum absolute atomic E-state index is 12.5.